The summed E-state index contributed by atoms with van der Waals surface area (Å²) in [7, 11) is 1.71. The average molecular weight is 244 g/mol. The number of likely N-dealkylation sites (N-methyl/N-ethyl adjacent to an activating group) is 1. The van der Waals surface area contributed by atoms with E-state index in [1.54, 1.807) is 11.9 Å². The summed E-state index contributed by atoms with van der Waals surface area (Å²) in [6.45, 7) is 0.305. The zero-order valence-corrected chi connectivity index (χ0v) is 9.66. The largest absolute Gasteiger partial charge is 0.399 e. The van der Waals surface area contributed by atoms with Gasteiger partial charge in [-0.05, 0) is 12.1 Å². The number of nitrogen functional groups attached to an aromatic ring is 1. The van der Waals surface area contributed by atoms with Gasteiger partial charge in [0.15, 0.2) is 0 Å². The third-order valence-electron chi connectivity index (χ3n) is 2.17. The summed E-state index contributed by atoms with van der Waals surface area (Å²) in [5.41, 5.74) is 11.9. The summed E-state index contributed by atoms with van der Waals surface area (Å²) in [6.07, 6.45) is 0. The topological polar surface area (TPSA) is 92.6 Å². The minimum atomic E-state index is -0.603. The fourth-order valence-electron chi connectivity index (χ4n) is 1.46. The van der Waals surface area contributed by atoms with Gasteiger partial charge in [-0.25, -0.2) is 0 Å². The average Bonchev–Trinajstić information content (AvgIpc) is 2.16. The van der Waals surface area contributed by atoms with Crippen LogP contribution < -0.4 is 16.4 Å². The lowest BCUT2D eigenvalue weighted by Gasteiger charge is -2.22. The molecule has 0 aliphatic rings. The van der Waals surface area contributed by atoms with Crippen LogP contribution in [0, 0.1) is 0 Å². The van der Waals surface area contributed by atoms with E-state index in [4.69, 9.17) is 28.2 Å². The van der Waals surface area contributed by atoms with Gasteiger partial charge >= 0.3 is 0 Å². The molecule has 0 spiro atoms. The highest BCUT2D eigenvalue weighted by molar-refractivity contribution is 6.34. The van der Waals surface area contributed by atoms with Crippen molar-refractivity contribution in [3.05, 3.63) is 22.7 Å². The Morgan fingerprint density at radius 2 is 2.19 bits per heavy atom. The molecule has 5 N–H and O–H groups in total. The molecule has 16 heavy (non-hydrogen) atoms. The van der Waals surface area contributed by atoms with Crippen molar-refractivity contribution in [3.63, 3.8) is 0 Å². The smallest absolute Gasteiger partial charge is 0.250 e. The third kappa shape index (κ3) is 2.56. The molecular formula is C10H14ClN3O2. The van der Waals surface area contributed by atoms with Crippen molar-refractivity contribution in [2.24, 2.45) is 5.73 Å². The van der Waals surface area contributed by atoms with Crippen LogP contribution in [0.25, 0.3) is 0 Å². The van der Waals surface area contributed by atoms with Gasteiger partial charge in [-0.3, -0.25) is 4.79 Å². The molecule has 1 amide bonds. The summed E-state index contributed by atoms with van der Waals surface area (Å²) in [5.74, 6) is -0.603. The molecule has 0 atom stereocenters. The van der Waals surface area contributed by atoms with Gasteiger partial charge in [0.25, 0.3) is 5.91 Å². The molecule has 1 aromatic rings. The second-order valence-electron chi connectivity index (χ2n) is 3.41. The van der Waals surface area contributed by atoms with Crippen molar-refractivity contribution in [2.75, 3.05) is 30.8 Å². The summed E-state index contributed by atoms with van der Waals surface area (Å²) in [4.78, 5) is 12.9. The number of nitrogens with zero attached hydrogens (tertiary/aromatic N) is 1. The van der Waals surface area contributed by atoms with Crippen molar-refractivity contribution in [3.8, 4) is 0 Å². The summed E-state index contributed by atoms with van der Waals surface area (Å²) in [6, 6.07) is 3.01. The number of carbonyl (C=O) groups is 1. The Bertz CT molecular complexity index is 409. The molecule has 0 heterocycles. The number of benzene rings is 1. The van der Waals surface area contributed by atoms with E-state index in [0.29, 0.717) is 22.9 Å². The van der Waals surface area contributed by atoms with E-state index in [9.17, 15) is 4.79 Å². The zero-order valence-electron chi connectivity index (χ0n) is 8.90. The lowest BCUT2D eigenvalue weighted by atomic mass is 10.1. The van der Waals surface area contributed by atoms with Crippen LogP contribution in [0.1, 0.15) is 10.4 Å². The van der Waals surface area contributed by atoms with E-state index in [2.05, 4.69) is 0 Å². The first-order valence-electron chi connectivity index (χ1n) is 4.68. The quantitative estimate of drug-likeness (QED) is 0.670. The van der Waals surface area contributed by atoms with Crippen LogP contribution in [0.15, 0.2) is 12.1 Å². The highest BCUT2D eigenvalue weighted by Gasteiger charge is 2.16. The molecule has 88 valence electrons. The van der Waals surface area contributed by atoms with E-state index >= 15 is 0 Å². The Morgan fingerprint density at radius 1 is 1.56 bits per heavy atom. The van der Waals surface area contributed by atoms with E-state index in [1.807, 2.05) is 0 Å². The van der Waals surface area contributed by atoms with Crippen molar-refractivity contribution in [2.45, 2.75) is 0 Å². The lowest BCUT2D eigenvalue weighted by Crippen LogP contribution is -2.25. The van der Waals surface area contributed by atoms with Gasteiger partial charge in [-0.1, -0.05) is 11.6 Å². The van der Waals surface area contributed by atoms with Gasteiger partial charge in [0, 0.05) is 19.3 Å². The van der Waals surface area contributed by atoms with Crippen molar-refractivity contribution in [1.29, 1.82) is 0 Å². The molecule has 0 saturated heterocycles. The van der Waals surface area contributed by atoms with Gasteiger partial charge in [0.05, 0.1) is 22.9 Å². The first-order chi connectivity index (χ1) is 7.47. The molecular weight excluding hydrogens is 230 g/mol. The fraction of sp³-hybridized carbons (Fsp3) is 0.300. The molecule has 1 rings (SSSR count). The number of rotatable bonds is 4. The second kappa shape index (κ2) is 5.05. The van der Waals surface area contributed by atoms with Crippen LogP contribution in [-0.4, -0.2) is 31.2 Å². The van der Waals surface area contributed by atoms with Gasteiger partial charge in [0.2, 0.25) is 0 Å². The molecule has 6 heteroatoms. The van der Waals surface area contributed by atoms with Crippen LogP contribution in [-0.2, 0) is 0 Å². The number of aliphatic hydroxyl groups excluding tert-OH is 1. The molecule has 0 unspecified atom stereocenters. The predicted octanol–water partition coefficient (Wildman–Crippen LogP) is 0.450. The molecule has 0 saturated carbocycles. The van der Waals surface area contributed by atoms with E-state index < -0.39 is 5.91 Å². The summed E-state index contributed by atoms with van der Waals surface area (Å²) < 4.78 is 0. The number of carbonyl (C=O) groups excluding carboxylic acids is 1. The van der Waals surface area contributed by atoms with E-state index in [1.165, 1.54) is 12.1 Å². The lowest BCUT2D eigenvalue weighted by molar-refractivity contribution is 0.100. The maximum Gasteiger partial charge on any atom is 0.250 e. The first kappa shape index (κ1) is 12.6. The SMILES string of the molecule is CN(CCO)c1c(Cl)cc(N)cc1C(N)=O. The number of anilines is 2. The Hall–Kier alpha value is -1.46. The molecule has 0 aromatic heterocycles. The van der Waals surface area contributed by atoms with E-state index in [-0.39, 0.29) is 12.2 Å². The van der Waals surface area contributed by atoms with Crippen LogP contribution in [0.2, 0.25) is 5.02 Å². The number of primary amides is 1. The predicted molar refractivity (Wildman–Crippen MR) is 64.7 cm³/mol. The maximum absolute atomic E-state index is 11.3. The number of aliphatic hydroxyl groups is 1. The zero-order chi connectivity index (χ0) is 12.3. The molecule has 0 radical (unpaired) electrons. The fourth-order valence-corrected chi connectivity index (χ4v) is 1.83. The number of amides is 1. The Labute approximate surface area is 98.6 Å². The molecule has 0 fully saturated rings. The van der Waals surface area contributed by atoms with Crippen LogP contribution in [0.5, 0.6) is 0 Å². The number of hydrogen-bond acceptors (Lipinski definition) is 4. The second-order valence-corrected chi connectivity index (χ2v) is 3.82. The highest BCUT2D eigenvalue weighted by Crippen LogP contribution is 2.31. The van der Waals surface area contributed by atoms with E-state index in [0.717, 1.165) is 0 Å². The van der Waals surface area contributed by atoms with Crippen molar-refractivity contribution in [1.82, 2.24) is 0 Å². The maximum atomic E-state index is 11.3. The van der Waals surface area contributed by atoms with Crippen LogP contribution >= 0.6 is 11.6 Å². The highest BCUT2D eigenvalue weighted by atomic mass is 35.5. The van der Waals surface area contributed by atoms with Crippen LogP contribution in [0.4, 0.5) is 11.4 Å². The van der Waals surface area contributed by atoms with Gasteiger partial charge < -0.3 is 21.5 Å². The first-order valence-corrected chi connectivity index (χ1v) is 5.06. The number of nitrogens with two attached hydrogens (primary N) is 2. The molecule has 0 bridgehead atoms. The molecule has 0 aliphatic carbocycles. The number of halogens is 1. The van der Waals surface area contributed by atoms with Crippen molar-refractivity contribution < 1.29 is 9.90 Å². The molecule has 0 aliphatic heterocycles. The minimum Gasteiger partial charge on any atom is -0.399 e. The van der Waals surface area contributed by atoms with Crippen LogP contribution in [0.3, 0.4) is 0 Å². The monoisotopic (exact) mass is 243 g/mol. The van der Waals surface area contributed by atoms with Gasteiger partial charge in [0.1, 0.15) is 0 Å². The Morgan fingerprint density at radius 3 is 2.69 bits per heavy atom. The third-order valence-corrected chi connectivity index (χ3v) is 2.46. The summed E-state index contributed by atoms with van der Waals surface area (Å²) >= 11 is 6.00. The van der Waals surface area contributed by atoms with Gasteiger partial charge in [-0.2, -0.15) is 0 Å². The molecule has 5 nitrogen and oxygen atoms in total. The van der Waals surface area contributed by atoms with Gasteiger partial charge in [-0.15, -0.1) is 0 Å². The Kier molecular flexibility index (Phi) is 3.98. The normalized spacial score (nSPS) is 10.2. The minimum absolute atomic E-state index is 0.0462. The van der Waals surface area contributed by atoms with Crippen molar-refractivity contribution >= 4 is 28.9 Å². The summed E-state index contributed by atoms with van der Waals surface area (Å²) in [5, 5.41) is 9.19. The Balaban J connectivity index is 3.29. The standard InChI is InChI=1S/C10H14ClN3O2/c1-14(2-3-15)9-7(10(13)16)4-6(12)5-8(9)11/h4-5,15H,2-3,12H2,1H3,(H2,13,16). The number of hydrogen-bond donors (Lipinski definition) is 3. The molecule has 1 aromatic carbocycles.